The van der Waals surface area contributed by atoms with Gasteiger partial charge in [0.05, 0.1) is 24.2 Å². The maximum atomic E-state index is 12.6. The van der Waals surface area contributed by atoms with Gasteiger partial charge in [-0.2, -0.15) is 4.31 Å². The molecule has 118 valence electrons. The molecular formula is C13H20N2O5S. The van der Waals surface area contributed by atoms with Crippen LogP contribution in [0.2, 0.25) is 0 Å². The average molecular weight is 316 g/mol. The second-order valence-corrected chi connectivity index (χ2v) is 6.54. The van der Waals surface area contributed by atoms with E-state index in [0.717, 1.165) is 4.31 Å². The van der Waals surface area contributed by atoms with Crippen LogP contribution < -0.4 is 5.73 Å². The zero-order valence-electron chi connectivity index (χ0n) is 12.5. The van der Waals surface area contributed by atoms with E-state index in [0.29, 0.717) is 0 Å². The molecule has 0 bridgehead atoms. The Morgan fingerprint density at radius 2 is 2.00 bits per heavy atom. The predicted molar refractivity (Wildman–Crippen MR) is 78.5 cm³/mol. The lowest BCUT2D eigenvalue weighted by Crippen LogP contribution is -2.38. The molecule has 0 saturated carbocycles. The standard InChI is InChI=1S/C13H20N2O5S/c1-9(8-19-3)15(2)21(17,18)12-6-5-10(14)7-11(12)13(16)20-4/h5-7,9H,8,14H2,1-4H3. The van der Waals surface area contributed by atoms with Crippen molar-refractivity contribution in [3.05, 3.63) is 23.8 Å². The molecule has 0 aliphatic carbocycles. The van der Waals surface area contributed by atoms with Crippen LogP contribution in [-0.2, 0) is 19.5 Å². The molecule has 1 aromatic carbocycles. The Kier molecular flexibility index (Phi) is 5.70. The highest BCUT2D eigenvalue weighted by molar-refractivity contribution is 7.89. The maximum Gasteiger partial charge on any atom is 0.339 e. The molecule has 21 heavy (non-hydrogen) atoms. The van der Waals surface area contributed by atoms with Gasteiger partial charge in [0, 0.05) is 25.9 Å². The number of methoxy groups -OCH3 is 2. The third-order valence-electron chi connectivity index (χ3n) is 3.09. The number of benzene rings is 1. The number of ether oxygens (including phenoxy) is 2. The van der Waals surface area contributed by atoms with E-state index in [-0.39, 0.29) is 28.8 Å². The third-order valence-corrected chi connectivity index (χ3v) is 5.12. The van der Waals surface area contributed by atoms with Crippen LogP contribution in [0.5, 0.6) is 0 Å². The second-order valence-electron chi connectivity index (χ2n) is 4.57. The first kappa shape index (κ1) is 17.4. The lowest BCUT2D eigenvalue weighted by Gasteiger charge is -2.24. The van der Waals surface area contributed by atoms with Crippen LogP contribution in [0.15, 0.2) is 23.1 Å². The summed E-state index contributed by atoms with van der Waals surface area (Å²) in [7, 11) is 0.227. The molecule has 0 heterocycles. The minimum atomic E-state index is -3.87. The predicted octanol–water partition coefficient (Wildman–Crippen LogP) is 0.711. The minimum absolute atomic E-state index is 0.0889. The van der Waals surface area contributed by atoms with E-state index in [1.54, 1.807) is 6.92 Å². The van der Waals surface area contributed by atoms with Gasteiger partial charge in [0.1, 0.15) is 0 Å². The van der Waals surface area contributed by atoms with E-state index in [2.05, 4.69) is 4.74 Å². The normalized spacial score (nSPS) is 13.2. The first-order valence-electron chi connectivity index (χ1n) is 6.20. The summed E-state index contributed by atoms with van der Waals surface area (Å²) < 4.78 is 36.0. The lowest BCUT2D eigenvalue weighted by molar-refractivity contribution is 0.0596. The van der Waals surface area contributed by atoms with E-state index in [1.165, 1.54) is 39.5 Å². The van der Waals surface area contributed by atoms with Crippen LogP contribution in [-0.4, -0.2) is 52.6 Å². The van der Waals surface area contributed by atoms with Crippen molar-refractivity contribution in [1.29, 1.82) is 0 Å². The van der Waals surface area contributed by atoms with E-state index >= 15 is 0 Å². The van der Waals surface area contributed by atoms with Crippen molar-refractivity contribution in [2.24, 2.45) is 0 Å². The molecule has 0 amide bonds. The summed E-state index contributed by atoms with van der Waals surface area (Å²) in [5.41, 5.74) is 5.80. The van der Waals surface area contributed by atoms with Gasteiger partial charge in [-0.15, -0.1) is 0 Å². The summed E-state index contributed by atoms with van der Waals surface area (Å²) in [4.78, 5) is 11.6. The summed E-state index contributed by atoms with van der Waals surface area (Å²) in [5.74, 6) is -0.756. The molecule has 7 nitrogen and oxygen atoms in total. The van der Waals surface area contributed by atoms with E-state index < -0.39 is 16.0 Å². The Bertz CT molecular complexity index is 615. The van der Waals surface area contributed by atoms with Crippen molar-refractivity contribution in [2.75, 3.05) is 33.6 Å². The van der Waals surface area contributed by atoms with Crippen molar-refractivity contribution < 1.29 is 22.7 Å². The molecule has 0 spiro atoms. The molecule has 1 unspecified atom stereocenters. The number of carbonyl (C=O) groups is 1. The number of likely N-dealkylation sites (N-methyl/N-ethyl adjacent to an activating group) is 1. The third kappa shape index (κ3) is 3.72. The molecule has 8 heteroatoms. The van der Waals surface area contributed by atoms with Gasteiger partial charge >= 0.3 is 5.97 Å². The molecule has 2 N–H and O–H groups in total. The van der Waals surface area contributed by atoms with E-state index in [9.17, 15) is 13.2 Å². The number of nitrogens with zero attached hydrogens (tertiary/aromatic N) is 1. The van der Waals surface area contributed by atoms with Crippen LogP contribution in [0.4, 0.5) is 5.69 Å². The number of rotatable bonds is 6. The SMILES string of the molecule is COCC(C)N(C)S(=O)(=O)c1ccc(N)cc1C(=O)OC. The monoisotopic (exact) mass is 316 g/mol. The van der Waals surface area contributed by atoms with Crippen LogP contribution in [0.1, 0.15) is 17.3 Å². The zero-order valence-corrected chi connectivity index (χ0v) is 13.3. The van der Waals surface area contributed by atoms with Crippen molar-refractivity contribution in [1.82, 2.24) is 4.31 Å². The number of sulfonamides is 1. The molecule has 0 aliphatic heterocycles. The van der Waals surface area contributed by atoms with Gasteiger partial charge in [-0.05, 0) is 25.1 Å². The van der Waals surface area contributed by atoms with Crippen LogP contribution >= 0.6 is 0 Å². The van der Waals surface area contributed by atoms with Crippen LogP contribution in [0, 0.1) is 0 Å². The molecule has 0 radical (unpaired) electrons. The van der Waals surface area contributed by atoms with Gasteiger partial charge < -0.3 is 15.2 Å². The molecular weight excluding hydrogens is 296 g/mol. The fraction of sp³-hybridized carbons (Fsp3) is 0.462. The van der Waals surface area contributed by atoms with Crippen molar-refractivity contribution >= 4 is 21.7 Å². The number of carbonyl (C=O) groups excluding carboxylic acids is 1. The first-order valence-corrected chi connectivity index (χ1v) is 7.64. The van der Waals surface area contributed by atoms with Gasteiger partial charge in [0.2, 0.25) is 10.0 Å². The Hall–Kier alpha value is -1.64. The maximum absolute atomic E-state index is 12.6. The highest BCUT2D eigenvalue weighted by Gasteiger charge is 2.30. The number of hydrogen-bond acceptors (Lipinski definition) is 6. The molecule has 1 rings (SSSR count). The molecule has 0 aromatic heterocycles. The van der Waals surface area contributed by atoms with Crippen molar-refractivity contribution in [3.63, 3.8) is 0 Å². The summed E-state index contributed by atoms with van der Waals surface area (Å²) in [6.07, 6.45) is 0. The highest BCUT2D eigenvalue weighted by Crippen LogP contribution is 2.24. The van der Waals surface area contributed by atoms with E-state index in [4.69, 9.17) is 10.5 Å². The Morgan fingerprint density at radius 1 is 1.38 bits per heavy atom. The Labute approximate surface area is 124 Å². The highest BCUT2D eigenvalue weighted by atomic mass is 32.2. The summed E-state index contributed by atoms with van der Waals surface area (Å²) in [5, 5.41) is 0. The van der Waals surface area contributed by atoms with Gasteiger partial charge in [0.15, 0.2) is 0 Å². The quantitative estimate of drug-likeness (QED) is 0.613. The Balaban J connectivity index is 3.34. The molecule has 1 aromatic rings. The summed E-state index contributed by atoms with van der Waals surface area (Å²) >= 11 is 0. The van der Waals surface area contributed by atoms with Crippen molar-refractivity contribution in [2.45, 2.75) is 17.9 Å². The topological polar surface area (TPSA) is 98.9 Å². The fourth-order valence-corrected chi connectivity index (χ4v) is 3.29. The number of esters is 1. The van der Waals surface area contributed by atoms with Crippen LogP contribution in [0.3, 0.4) is 0 Å². The lowest BCUT2D eigenvalue weighted by atomic mass is 10.2. The smallest absolute Gasteiger partial charge is 0.339 e. The van der Waals surface area contributed by atoms with Gasteiger partial charge in [-0.1, -0.05) is 0 Å². The number of hydrogen-bond donors (Lipinski definition) is 1. The zero-order chi connectivity index (χ0) is 16.2. The van der Waals surface area contributed by atoms with Gasteiger partial charge in [-0.3, -0.25) is 0 Å². The minimum Gasteiger partial charge on any atom is -0.465 e. The molecule has 0 fully saturated rings. The second kappa shape index (κ2) is 6.88. The average Bonchev–Trinajstić information content (AvgIpc) is 2.45. The largest absolute Gasteiger partial charge is 0.465 e. The number of nitrogen functional groups attached to an aromatic ring is 1. The number of nitrogens with two attached hydrogens (primary N) is 1. The molecule has 0 saturated heterocycles. The summed E-state index contributed by atoms with van der Waals surface area (Å²) in [6.45, 7) is 1.94. The van der Waals surface area contributed by atoms with Gasteiger partial charge in [-0.25, -0.2) is 13.2 Å². The molecule has 0 aliphatic rings. The van der Waals surface area contributed by atoms with Crippen LogP contribution in [0.25, 0.3) is 0 Å². The first-order chi connectivity index (χ1) is 9.75. The summed E-state index contributed by atoms with van der Waals surface area (Å²) in [6, 6.07) is 3.62. The Morgan fingerprint density at radius 3 is 2.52 bits per heavy atom. The number of anilines is 1. The van der Waals surface area contributed by atoms with E-state index in [1.807, 2.05) is 0 Å². The van der Waals surface area contributed by atoms with Gasteiger partial charge in [0.25, 0.3) is 0 Å². The molecule has 1 atom stereocenters. The van der Waals surface area contributed by atoms with Crippen molar-refractivity contribution in [3.8, 4) is 0 Å². The fourth-order valence-electron chi connectivity index (χ4n) is 1.78.